The molecular formula is C13H14BrN3O2. The lowest BCUT2D eigenvalue weighted by Gasteiger charge is -2.06. The van der Waals surface area contributed by atoms with Crippen molar-refractivity contribution in [2.24, 2.45) is 7.05 Å². The summed E-state index contributed by atoms with van der Waals surface area (Å²) in [5.41, 5.74) is 7.70. The predicted molar refractivity (Wildman–Crippen MR) is 75.7 cm³/mol. The number of hydrogen-bond donors (Lipinski definition) is 1. The monoisotopic (exact) mass is 323 g/mol. The van der Waals surface area contributed by atoms with Crippen LogP contribution in [0, 0.1) is 0 Å². The highest BCUT2D eigenvalue weighted by atomic mass is 79.9. The van der Waals surface area contributed by atoms with Gasteiger partial charge in [-0.15, -0.1) is 0 Å². The molecule has 2 aromatic rings. The van der Waals surface area contributed by atoms with Crippen molar-refractivity contribution in [2.75, 3.05) is 12.3 Å². The van der Waals surface area contributed by atoms with E-state index in [1.165, 1.54) is 0 Å². The number of benzene rings is 1. The second-order valence-electron chi connectivity index (χ2n) is 4.07. The van der Waals surface area contributed by atoms with Crippen molar-refractivity contribution in [1.82, 2.24) is 9.78 Å². The third-order valence-electron chi connectivity index (χ3n) is 2.75. The van der Waals surface area contributed by atoms with Crippen molar-refractivity contribution in [3.63, 3.8) is 0 Å². The molecule has 1 heterocycles. The fourth-order valence-corrected chi connectivity index (χ4v) is 1.90. The van der Waals surface area contributed by atoms with Gasteiger partial charge in [0.2, 0.25) is 0 Å². The highest BCUT2D eigenvalue weighted by Crippen LogP contribution is 2.20. The summed E-state index contributed by atoms with van der Waals surface area (Å²) in [4.78, 5) is 11.8. The standard InChI is InChI=1S/C13H14BrN3O2/c1-17-10(4-6-16-17)5-7-19-13(18)9-2-3-11(14)12(15)8-9/h2-4,6,8H,5,7,15H2,1H3. The molecule has 2 rings (SSSR count). The van der Waals surface area contributed by atoms with Gasteiger partial charge in [0.25, 0.3) is 0 Å². The number of aryl methyl sites for hydroxylation is 1. The first-order chi connectivity index (χ1) is 9.08. The Kier molecular flexibility index (Phi) is 4.21. The molecule has 0 radical (unpaired) electrons. The van der Waals surface area contributed by atoms with Gasteiger partial charge in [0.1, 0.15) is 0 Å². The fourth-order valence-electron chi connectivity index (χ4n) is 1.65. The number of anilines is 1. The summed E-state index contributed by atoms with van der Waals surface area (Å²) in [6.45, 7) is 0.314. The van der Waals surface area contributed by atoms with E-state index in [1.807, 2.05) is 13.1 Å². The molecular weight excluding hydrogens is 310 g/mol. The van der Waals surface area contributed by atoms with Crippen LogP contribution in [-0.4, -0.2) is 22.4 Å². The Bertz CT molecular complexity index is 595. The van der Waals surface area contributed by atoms with Gasteiger partial charge in [0, 0.05) is 35.5 Å². The molecule has 19 heavy (non-hydrogen) atoms. The zero-order chi connectivity index (χ0) is 13.8. The van der Waals surface area contributed by atoms with Gasteiger partial charge in [-0.05, 0) is 40.2 Å². The fraction of sp³-hybridized carbons (Fsp3) is 0.231. The third kappa shape index (κ3) is 3.35. The minimum atomic E-state index is -0.374. The number of nitrogens with zero attached hydrogens (tertiary/aromatic N) is 2. The number of esters is 1. The largest absolute Gasteiger partial charge is 0.462 e. The van der Waals surface area contributed by atoms with Crippen LogP contribution in [0.2, 0.25) is 0 Å². The summed E-state index contributed by atoms with van der Waals surface area (Å²) >= 11 is 3.28. The van der Waals surface area contributed by atoms with Gasteiger partial charge < -0.3 is 10.5 Å². The minimum Gasteiger partial charge on any atom is -0.462 e. The molecule has 0 atom stereocenters. The molecule has 0 aliphatic carbocycles. The van der Waals surface area contributed by atoms with E-state index in [0.717, 1.165) is 10.2 Å². The van der Waals surface area contributed by atoms with Crippen molar-refractivity contribution in [1.29, 1.82) is 0 Å². The summed E-state index contributed by atoms with van der Waals surface area (Å²) in [5, 5.41) is 4.05. The molecule has 0 spiro atoms. The van der Waals surface area contributed by atoms with Gasteiger partial charge >= 0.3 is 5.97 Å². The number of hydrogen-bond acceptors (Lipinski definition) is 4. The van der Waals surface area contributed by atoms with Crippen molar-refractivity contribution in [2.45, 2.75) is 6.42 Å². The molecule has 0 fully saturated rings. The summed E-state index contributed by atoms with van der Waals surface area (Å²) in [6, 6.07) is 6.89. The van der Waals surface area contributed by atoms with Crippen molar-refractivity contribution in [3.8, 4) is 0 Å². The first-order valence-corrected chi connectivity index (χ1v) is 6.56. The second-order valence-corrected chi connectivity index (χ2v) is 4.92. The molecule has 0 aliphatic heterocycles. The summed E-state index contributed by atoms with van der Waals surface area (Å²) in [6.07, 6.45) is 2.35. The molecule has 0 saturated heterocycles. The first kappa shape index (κ1) is 13.6. The summed E-state index contributed by atoms with van der Waals surface area (Å²) in [7, 11) is 1.85. The Balaban J connectivity index is 1.91. The van der Waals surface area contributed by atoms with Crippen LogP contribution < -0.4 is 5.73 Å². The van der Waals surface area contributed by atoms with E-state index in [-0.39, 0.29) is 5.97 Å². The molecule has 0 saturated carbocycles. The molecule has 5 nitrogen and oxygen atoms in total. The van der Waals surface area contributed by atoms with Crippen LogP contribution in [0.1, 0.15) is 16.1 Å². The zero-order valence-corrected chi connectivity index (χ0v) is 12.1. The van der Waals surface area contributed by atoms with Crippen molar-refractivity contribution in [3.05, 3.63) is 46.2 Å². The topological polar surface area (TPSA) is 70.1 Å². The minimum absolute atomic E-state index is 0.314. The SMILES string of the molecule is Cn1nccc1CCOC(=O)c1ccc(Br)c(N)c1. The van der Waals surface area contributed by atoms with E-state index in [9.17, 15) is 4.79 Å². The first-order valence-electron chi connectivity index (χ1n) is 5.77. The Morgan fingerprint density at radius 3 is 2.89 bits per heavy atom. The van der Waals surface area contributed by atoms with Crippen LogP contribution in [0.3, 0.4) is 0 Å². The second kappa shape index (κ2) is 5.88. The van der Waals surface area contributed by atoms with E-state index in [1.54, 1.807) is 29.1 Å². The van der Waals surface area contributed by atoms with Crippen molar-refractivity contribution < 1.29 is 9.53 Å². The quantitative estimate of drug-likeness (QED) is 0.691. The highest BCUT2D eigenvalue weighted by molar-refractivity contribution is 9.10. The molecule has 0 unspecified atom stereocenters. The Morgan fingerprint density at radius 2 is 2.26 bits per heavy atom. The van der Waals surface area contributed by atoms with Crippen LogP contribution in [-0.2, 0) is 18.2 Å². The average molecular weight is 324 g/mol. The Labute approximate surface area is 119 Å². The number of nitrogens with two attached hydrogens (primary N) is 1. The van der Waals surface area contributed by atoms with Crippen molar-refractivity contribution >= 4 is 27.6 Å². The normalized spacial score (nSPS) is 10.4. The smallest absolute Gasteiger partial charge is 0.338 e. The van der Waals surface area contributed by atoms with E-state index < -0.39 is 0 Å². The maximum absolute atomic E-state index is 11.8. The molecule has 1 aromatic carbocycles. The number of rotatable bonds is 4. The van der Waals surface area contributed by atoms with Crippen LogP contribution in [0.5, 0.6) is 0 Å². The molecule has 6 heteroatoms. The number of halogens is 1. The van der Waals surface area contributed by atoms with Crippen LogP contribution in [0.15, 0.2) is 34.9 Å². The number of carbonyl (C=O) groups excluding carboxylic acids is 1. The summed E-state index contributed by atoms with van der Waals surface area (Å²) < 4.78 is 7.72. The van der Waals surface area contributed by atoms with Crippen LogP contribution in [0.25, 0.3) is 0 Å². The highest BCUT2D eigenvalue weighted by Gasteiger charge is 2.09. The molecule has 100 valence electrons. The lowest BCUT2D eigenvalue weighted by molar-refractivity contribution is 0.0507. The number of ether oxygens (including phenoxy) is 1. The van der Waals surface area contributed by atoms with Gasteiger partial charge in [-0.2, -0.15) is 5.10 Å². The number of nitrogen functional groups attached to an aromatic ring is 1. The Hall–Kier alpha value is -1.82. The molecule has 2 N–H and O–H groups in total. The maximum atomic E-state index is 11.8. The lowest BCUT2D eigenvalue weighted by Crippen LogP contribution is -2.10. The van der Waals surface area contributed by atoms with Crippen LogP contribution >= 0.6 is 15.9 Å². The summed E-state index contributed by atoms with van der Waals surface area (Å²) in [5.74, 6) is -0.374. The van der Waals surface area contributed by atoms with Gasteiger partial charge in [-0.25, -0.2) is 4.79 Å². The van der Waals surface area contributed by atoms with E-state index >= 15 is 0 Å². The predicted octanol–water partition coefficient (Wildman–Crippen LogP) is 2.16. The number of aromatic nitrogens is 2. The lowest BCUT2D eigenvalue weighted by atomic mass is 10.2. The van der Waals surface area contributed by atoms with E-state index in [4.69, 9.17) is 10.5 Å². The maximum Gasteiger partial charge on any atom is 0.338 e. The third-order valence-corrected chi connectivity index (χ3v) is 3.47. The number of carbonyl (C=O) groups is 1. The van der Waals surface area contributed by atoms with Gasteiger partial charge in [0.05, 0.1) is 12.2 Å². The Morgan fingerprint density at radius 1 is 1.47 bits per heavy atom. The molecule has 0 aliphatic rings. The van der Waals surface area contributed by atoms with Gasteiger partial charge in [0.15, 0.2) is 0 Å². The van der Waals surface area contributed by atoms with Crippen LogP contribution in [0.4, 0.5) is 5.69 Å². The average Bonchev–Trinajstić information content (AvgIpc) is 2.78. The van der Waals surface area contributed by atoms with E-state index in [2.05, 4.69) is 21.0 Å². The van der Waals surface area contributed by atoms with E-state index in [0.29, 0.717) is 24.3 Å². The molecule has 1 aromatic heterocycles. The zero-order valence-electron chi connectivity index (χ0n) is 10.5. The molecule has 0 bridgehead atoms. The van der Waals surface area contributed by atoms with Gasteiger partial charge in [-0.3, -0.25) is 4.68 Å². The van der Waals surface area contributed by atoms with Gasteiger partial charge in [-0.1, -0.05) is 0 Å². The molecule has 0 amide bonds.